The summed E-state index contributed by atoms with van der Waals surface area (Å²) >= 11 is 0. The highest BCUT2D eigenvalue weighted by Gasteiger charge is 2.28. The number of nitrogens with one attached hydrogen (secondary N) is 1. The van der Waals surface area contributed by atoms with Gasteiger partial charge in [-0.1, -0.05) is 328 Å². The maximum atomic E-state index is 12.6. The Hall–Kier alpha value is -0.690. The molecular weight excluding hydrogens is 803 g/mol. The van der Waals surface area contributed by atoms with Crippen LogP contribution in [0, 0.1) is 0 Å². The van der Waals surface area contributed by atoms with Crippen molar-refractivity contribution in [3.05, 3.63) is 0 Å². The molecule has 0 radical (unpaired) electrons. The van der Waals surface area contributed by atoms with Crippen LogP contribution < -0.4 is 5.32 Å². The summed E-state index contributed by atoms with van der Waals surface area (Å²) in [6.07, 6.45) is 63.2. The second kappa shape index (κ2) is 54.3. The first-order valence-corrected chi connectivity index (χ1v) is 29.9. The third-order valence-electron chi connectivity index (χ3n) is 14.6. The molecule has 0 bridgehead atoms. The van der Waals surface area contributed by atoms with Gasteiger partial charge < -0.3 is 25.7 Å². The molecule has 0 aliphatic heterocycles. The van der Waals surface area contributed by atoms with Gasteiger partial charge in [-0.25, -0.2) is 0 Å². The van der Waals surface area contributed by atoms with Crippen LogP contribution in [0.15, 0.2) is 0 Å². The maximum absolute atomic E-state index is 12.6. The van der Waals surface area contributed by atoms with Gasteiger partial charge in [-0.2, -0.15) is 0 Å². The van der Waals surface area contributed by atoms with Crippen LogP contribution in [0.1, 0.15) is 341 Å². The van der Waals surface area contributed by atoms with Crippen LogP contribution in [-0.2, 0) is 4.79 Å². The Morgan fingerprint density at radius 1 is 0.323 bits per heavy atom. The Labute approximate surface area is 407 Å². The van der Waals surface area contributed by atoms with E-state index in [2.05, 4.69) is 19.2 Å². The van der Waals surface area contributed by atoms with E-state index in [1.807, 2.05) is 0 Å². The van der Waals surface area contributed by atoms with Gasteiger partial charge >= 0.3 is 0 Å². The van der Waals surface area contributed by atoms with Crippen molar-refractivity contribution in [3.8, 4) is 0 Å². The van der Waals surface area contributed by atoms with Gasteiger partial charge in [-0.3, -0.25) is 4.79 Å². The molecule has 0 rings (SSSR count). The lowest BCUT2D eigenvalue weighted by atomic mass is 9.99. The van der Waals surface area contributed by atoms with Gasteiger partial charge in [0.15, 0.2) is 0 Å². The summed E-state index contributed by atoms with van der Waals surface area (Å²) in [6, 6.07) is -0.981. The number of aliphatic hydroxyl groups excluding tert-OH is 4. The van der Waals surface area contributed by atoms with Crippen LogP contribution in [0.3, 0.4) is 0 Å². The van der Waals surface area contributed by atoms with Gasteiger partial charge in [0.25, 0.3) is 0 Å². The first-order valence-electron chi connectivity index (χ1n) is 29.9. The summed E-state index contributed by atoms with van der Waals surface area (Å²) in [5.74, 6) is -0.575. The highest BCUT2D eigenvalue weighted by molar-refractivity contribution is 5.80. The number of aliphatic hydroxyl groups is 4. The molecule has 1 amide bonds. The van der Waals surface area contributed by atoms with E-state index in [-0.39, 0.29) is 0 Å². The van der Waals surface area contributed by atoms with Crippen molar-refractivity contribution in [2.75, 3.05) is 6.61 Å². The molecule has 0 aliphatic carbocycles. The minimum atomic E-state index is -1.25. The third-order valence-corrected chi connectivity index (χ3v) is 14.6. The predicted octanol–water partition coefficient (Wildman–Crippen LogP) is 17.5. The van der Waals surface area contributed by atoms with Gasteiger partial charge in [0.2, 0.25) is 5.91 Å². The zero-order valence-corrected chi connectivity index (χ0v) is 44.3. The highest BCUT2D eigenvalue weighted by Crippen LogP contribution is 2.19. The predicted molar refractivity (Wildman–Crippen MR) is 284 cm³/mol. The molecule has 5 N–H and O–H groups in total. The first kappa shape index (κ1) is 64.3. The van der Waals surface area contributed by atoms with Gasteiger partial charge in [-0.15, -0.1) is 0 Å². The van der Waals surface area contributed by atoms with Crippen LogP contribution in [0.4, 0.5) is 0 Å². The van der Waals surface area contributed by atoms with E-state index in [4.69, 9.17) is 0 Å². The number of hydrogen-bond acceptors (Lipinski definition) is 5. The summed E-state index contributed by atoms with van der Waals surface area (Å²) in [7, 11) is 0. The fourth-order valence-electron chi connectivity index (χ4n) is 9.88. The molecule has 6 nitrogen and oxygen atoms in total. The number of rotatable bonds is 56. The van der Waals surface area contributed by atoms with E-state index >= 15 is 0 Å². The van der Waals surface area contributed by atoms with E-state index in [1.165, 1.54) is 276 Å². The lowest BCUT2D eigenvalue weighted by Crippen LogP contribution is -2.53. The number of unbranched alkanes of at least 4 members (excludes halogenated alkanes) is 47. The summed E-state index contributed by atoms with van der Waals surface area (Å²) in [6.45, 7) is 4.11. The summed E-state index contributed by atoms with van der Waals surface area (Å²) < 4.78 is 0. The number of carbonyl (C=O) groups excluding carboxylic acids is 1. The minimum absolute atomic E-state index is 0.376. The fraction of sp³-hybridized carbons (Fsp3) is 0.983. The van der Waals surface area contributed by atoms with Crippen molar-refractivity contribution in [2.45, 2.75) is 366 Å². The van der Waals surface area contributed by atoms with Crippen molar-refractivity contribution in [2.24, 2.45) is 0 Å². The Morgan fingerprint density at radius 3 is 0.738 bits per heavy atom. The van der Waals surface area contributed by atoms with E-state index < -0.39 is 36.9 Å². The zero-order chi connectivity index (χ0) is 47.4. The summed E-state index contributed by atoms with van der Waals surface area (Å²) in [5, 5.41) is 44.1. The van der Waals surface area contributed by atoms with Gasteiger partial charge in [-0.05, 0) is 12.8 Å². The van der Waals surface area contributed by atoms with Crippen LogP contribution >= 0.6 is 0 Å². The Balaban J connectivity index is 3.56. The van der Waals surface area contributed by atoms with Gasteiger partial charge in [0.1, 0.15) is 12.2 Å². The number of amides is 1. The molecule has 0 aliphatic rings. The number of hydrogen-bond donors (Lipinski definition) is 5. The van der Waals surface area contributed by atoms with Crippen LogP contribution in [-0.4, -0.2) is 57.3 Å². The lowest BCUT2D eigenvalue weighted by Gasteiger charge is -2.27. The van der Waals surface area contributed by atoms with Crippen molar-refractivity contribution >= 4 is 5.91 Å². The largest absolute Gasteiger partial charge is 0.394 e. The highest BCUT2D eigenvalue weighted by atomic mass is 16.3. The van der Waals surface area contributed by atoms with Crippen LogP contribution in [0.5, 0.6) is 0 Å². The average molecular weight is 923 g/mol. The van der Waals surface area contributed by atoms with Crippen molar-refractivity contribution < 1.29 is 25.2 Å². The summed E-state index contributed by atoms with van der Waals surface area (Å²) in [4.78, 5) is 12.6. The molecular formula is C59H119NO5. The fourth-order valence-corrected chi connectivity index (χ4v) is 9.88. The average Bonchev–Trinajstić information content (AvgIpc) is 3.31. The molecule has 65 heavy (non-hydrogen) atoms. The molecule has 4 atom stereocenters. The molecule has 0 aromatic rings. The van der Waals surface area contributed by atoms with Crippen molar-refractivity contribution in [1.29, 1.82) is 0 Å². The Kier molecular flexibility index (Phi) is 53.7. The van der Waals surface area contributed by atoms with Gasteiger partial charge in [0.05, 0.1) is 18.8 Å². The Bertz CT molecular complexity index is 902. The smallest absolute Gasteiger partial charge is 0.249 e. The minimum Gasteiger partial charge on any atom is -0.394 e. The molecule has 390 valence electrons. The molecule has 6 heteroatoms. The van der Waals surface area contributed by atoms with Crippen molar-refractivity contribution in [3.63, 3.8) is 0 Å². The molecule has 0 spiro atoms. The third kappa shape index (κ3) is 48.1. The van der Waals surface area contributed by atoms with E-state index in [1.54, 1.807) is 0 Å². The molecule has 0 saturated heterocycles. The normalized spacial score (nSPS) is 13.6. The van der Waals surface area contributed by atoms with Crippen LogP contribution in [0.25, 0.3) is 0 Å². The van der Waals surface area contributed by atoms with Crippen LogP contribution in [0.2, 0.25) is 0 Å². The second-order valence-electron chi connectivity index (χ2n) is 21.1. The SMILES string of the molecule is CCCCCCCCCCCCCCCCCCCCCCCCCCCCC(O)C(=O)NC(CO)C(O)C(O)CCCCCCCCCCCCCCCCCCCCCCCCC. The van der Waals surface area contributed by atoms with E-state index in [9.17, 15) is 25.2 Å². The lowest BCUT2D eigenvalue weighted by molar-refractivity contribution is -0.132. The topological polar surface area (TPSA) is 110 Å². The molecule has 4 unspecified atom stereocenters. The molecule has 0 aromatic heterocycles. The van der Waals surface area contributed by atoms with Crippen molar-refractivity contribution in [1.82, 2.24) is 5.32 Å². The Morgan fingerprint density at radius 2 is 0.523 bits per heavy atom. The van der Waals surface area contributed by atoms with Gasteiger partial charge in [0, 0.05) is 0 Å². The number of carbonyl (C=O) groups is 1. The standard InChI is InChI=1S/C59H119NO5/c1-3-5-7-9-11-13-15-17-19-21-23-25-27-28-29-31-33-35-37-39-41-43-45-47-49-51-53-57(63)59(65)60-55(54-61)58(64)56(62)52-50-48-46-44-42-40-38-36-34-32-30-26-24-22-20-18-16-14-12-10-8-6-4-2/h55-58,61-64H,3-54H2,1-2H3,(H,60,65). The van der Waals surface area contributed by atoms with E-state index in [0.717, 1.165) is 38.5 Å². The summed E-state index contributed by atoms with van der Waals surface area (Å²) in [5.41, 5.74) is 0. The molecule has 0 saturated carbocycles. The molecule has 0 aromatic carbocycles. The van der Waals surface area contributed by atoms with E-state index in [0.29, 0.717) is 12.8 Å². The second-order valence-corrected chi connectivity index (χ2v) is 21.1. The first-order chi connectivity index (χ1) is 32.0. The zero-order valence-electron chi connectivity index (χ0n) is 44.3. The quantitative estimate of drug-likeness (QED) is 0.0390. The molecule has 0 heterocycles. The molecule has 0 fully saturated rings. The monoisotopic (exact) mass is 922 g/mol. The maximum Gasteiger partial charge on any atom is 0.249 e.